The first-order chi connectivity index (χ1) is 13.8. The highest BCUT2D eigenvalue weighted by atomic mass is 16.5. The second kappa shape index (κ2) is 8.21. The normalized spacial score (nSPS) is 16.6. The molecular formula is C23H23N3O2. The van der Waals surface area contributed by atoms with Crippen LogP contribution in [0.4, 0.5) is 0 Å². The van der Waals surface area contributed by atoms with Gasteiger partial charge in [-0.15, -0.1) is 0 Å². The SMILES string of the molecule is COc1ccccc1-c1cccc([C@H]2CCCN(C(=O)c3cccnc3)C2)n1. The van der Waals surface area contributed by atoms with Crippen molar-refractivity contribution >= 4 is 5.91 Å². The molecule has 3 heterocycles. The molecule has 0 N–H and O–H groups in total. The first kappa shape index (κ1) is 18.2. The monoisotopic (exact) mass is 373 g/mol. The van der Waals surface area contributed by atoms with E-state index in [1.807, 2.05) is 47.4 Å². The van der Waals surface area contributed by atoms with Crippen LogP contribution in [0, 0.1) is 0 Å². The summed E-state index contributed by atoms with van der Waals surface area (Å²) >= 11 is 0. The molecule has 1 saturated heterocycles. The van der Waals surface area contributed by atoms with Crippen molar-refractivity contribution in [3.05, 3.63) is 78.2 Å². The van der Waals surface area contributed by atoms with E-state index in [0.717, 1.165) is 42.1 Å². The first-order valence-corrected chi connectivity index (χ1v) is 9.56. The first-order valence-electron chi connectivity index (χ1n) is 9.56. The molecule has 2 aromatic heterocycles. The van der Waals surface area contributed by atoms with Crippen LogP contribution in [0.15, 0.2) is 67.0 Å². The second-order valence-electron chi connectivity index (χ2n) is 6.98. The van der Waals surface area contributed by atoms with Crippen LogP contribution < -0.4 is 4.74 Å². The Balaban J connectivity index is 1.57. The fourth-order valence-electron chi connectivity index (χ4n) is 3.76. The number of carbonyl (C=O) groups excluding carboxylic acids is 1. The van der Waals surface area contributed by atoms with Gasteiger partial charge in [-0.1, -0.05) is 18.2 Å². The standard InChI is InChI=1S/C23H23N3O2/c1-28-22-12-3-2-9-19(22)21-11-4-10-20(25-21)18-8-6-14-26(16-18)23(27)17-7-5-13-24-15-17/h2-5,7,9-13,15,18H,6,8,14,16H2,1H3/t18-/m0/s1. The lowest BCUT2D eigenvalue weighted by atomic mass is 9.93. The molecule has 0 unspecified atom stereocenters. The minimum absolute atomic E-state index is 0.0404. The molecule has 1 aliphatic heterocycles. The van der Waals surface area contributed by atoms with Crippen molar-refractivity contribution in [2.24, 2.45) is 0 Å². The number of benzene rings is 1. The van der Waals surface area contributed by atoms with Crippen LogP contribution in [-0.2, 0) is 0 Å². The van der Waals surface area contributed by atoms with Crippen LogP contribution >= 0.6 is 0 Å². The van der Waals surface area contributed by atoms with E-state index >= 15 is 0 Å². The van der Waals surface area contributed by atoms with Gasteiger partial charge < -0.3 is 9.64 Å². The number of hydrogen-bond acceptors (Lipinski definition) is 4. The zero-order valence-electron chi connectivity index (χ0n) is 15.9. The van der Waals surface area contributed by atoms with Gasteiger partial charge in [0.1, 0.15) is 5.75 Å². The third-order valence-electron chi connectivity index (χ3n) is 5.19. The average molecular weight is 373 g/mol. The van der Waals surface area contributed by atoms with Gasteiger partial charge in [-0.05, 0) is 49.2 Å². The number of para-hydroxylation sites is 1. The van der Waals surface area contributed by atoms with Gasteiger partial charge in [0.2, 0.25) is 0 Å². The van der Waals surface area contributed by atoms with Gasteiger partial charge in [0.15, 0.2) is 0 Å². The maximum absolute atomic E-state index is 12.8. The van der Waals surface area contributed by atoms with E-state index in [4.69, 9.17) is 9.72 Å². The van der Waals surface area contributed by atoms with Crippen molar-refractivity contribution < 1.29 is 9.53 Å². The van der Waals surface area contributed by atoms with Crippen LogP contribution in [0.3, 0.4) is 0 Å². The summed E-state index contributed by atoms with van der Waals surface area (Å²) in [4.78, 5) is 23.7. The van der Waals surface area contributed by atoms with Gasteiger partial charge in [0.05, 0.1) is 18.4 Å². The Bertz CT molecular complexity index is 959. The van der Waals surface area contributed by atoms with Crippen LogP contribution in [0.2, 0.25) is 0 Å². The summed E-state index contributed by atoms with van der Waals surface area (Å²) in [7, 11) is 1.67. The zero-order chi connectivity index (χ0) is 19.3. The Labute approximate surface area is 165 Å². The van der Waals surface area contributed by atoms with E-state index in [1.54, 1.807) is 25.6 Å². The highest BCUT2D eigenvalue weighted by molar-refractivity contribution is 5.94. The van der Waals surface area contributed by atoms with Crippen molar-refractivity contribution in [1.29, 1.82) is 0 Å². The molecule has 3 aromatic rings. The quantitative estimate of drug-likeness (QED) is 0.689. The summed E-state index contributed by atoms with van der Waals surface area (Å²) in [5.41, 5.74) is 3.53. The molecule has 28 heavy (non-hydrogen) atoms. The summed E-state index contributed by atoms with van der Waals surface area (Å²) < 4.78 is 5.48. The highest BCUT2D eigenvalue weighted by Crippen LogP contribution is 2.31. The van der Waals surface area contributed by atoms with E-state index in [9.17, 15) is 4.79 Å². The minimum Gasteiger partial charge on any atom is -0.496 e. The second-order valence-corrected chi connectivity index (χ2v) is 6.98. The zero-order valence-corrected chi connectivity index (χ0v) is 15.9. The maximum Gasteiger partial charge on any atom is 0.255 e. The number of nitrogens with zero attached hydrogens (tertiary/aromatic N) is 3. The number of likely N-dealkylation sites (tertiary alicyclic amines) is 1. The maximum atomic E-state index is 12.8. The molecule has 0 radical (unpaired) electrons. The summed E-state index contributed by atoms with van der Waals surface area (Å²) in [5, 5.41) is 0. The predicted octanol–water partition coefficient (Wildman–Crippen LogP) is 4.17. The Morgan fingerprint density at radius 2 is 2.00 bits per heavy atom. The molecule has 1 amide bonds. The Morgan fingerprint density at radius 1 is 1.11 bits per heavy atom. The summed E-state index contributed by atoms with van der Waals surface area (Å²) in [6.45, 7) is 1.45. The lowest BCUT2D eigenvalue weighted by molar-refractivity contribution is 0.0705. The lowest BCUT2D eigenvalue weighted by Gasteiger charge is -2.32. The topological polar surface area (TPSA) is 55.3 Å². The van der Waals surface area contributed by atoms with Crippen LogP contribution in [0.1, 0.15) is 34.8 Å². The molecule has 1 fully saturated rings. The van der Waals surface area contributed by atoms with E-state index in [0.29, 0.717) is 12.1 Å². The Kier molecular flexibility index (Phi) is 5.33. The number of methoxy groups -OCH3 is 1. The third-order valence-corrected chi connectivity index (χ3v) is 5.19. The number of carbonyl (C=O) groups is 1. The molecule has 5 nitrogen and oxygen atoms in total. The Hall–Kier alpha value is -3.21. The van der Waals surface area contributed by atoms with Crippen LogP contribution in [0.25, 0.3) is 11.3 Å². The van der Waals surface area contributed by atoms with Gasteiger partial charge in [0, 0.05) is 42.7 Å². The summed E-state index contributed by atoms with van der Waals surface area (Å²) in [5.74, 6) is 1.08. The Morgan fingerprint density at radius 3 is 2.82 bits per heavy atom. The van der Waals surface area contributed by atoms with Gasteiger partial charge in [-0.3, -0.25) is 14.8 Å². The molecule has 5 heteroatoms. The van der Waals surface area contributed by atoms with E-state index in [1.165, 1.54) is 0 Å². The molecule has 0 spiro atoms. The molecule has 0 bridgehead atoms. The smallest absolute Gasteiger partial charge is 0.255 e. The number of pyridine rings is 2. The highest BCUT2D eigenvalue weighted by Gasteiger charge is 2.26. The summed E-state index contributed by atoms with van der Waals surface area (Å²) in [6, 6.07) is 17.6. The van der Waals surface area contributed by atoms with Crippen molar-refractivity contribution in [3.63, 3.8) is 0 Å². The fraction of sp³-hybridized carbons (Fsp3) is 0.261. The number of amides is 1. The molecule has 142 valence electrons. The van der Waals surface area contributed by atoms with Gasteiger partial charge in [-0.2, -0.15) is 0 Å². The molecular weight excluding hydrogens is 350 g/mol. The molecule has 1 atom stereocenters. The van der Waals surface area contributed by atoms with Crippen molar-refractivity contribution in [3.8, 4) is 17.0 Å². The molecule has 1 aliphatic rings. The van der Waals surface area contributed by atoms with Crippen molar-refractivity contribution in [1.82, 2.24) is 14.9 Å². The number of hydrogen-bond donors (Lipinski definition) is 0. The van der Waals surface area contributed by atoms with Crippen LogP contribution in [-0.4, -0.2) is 41.0 Å². The predicted molar refractivity (Wildman–Crippen MR) is 108 cm³/mol. The van der Waals surface area contributed by atoms with Gasteiger partial charge in [0.25, 0.3) is 5.91 Å². The number of rotatable bonds is 4. The van der Waals surface area contributed by atoms with Gasteiger partial charge >= 0.3 is 0 Å². The largest absolute Gasteiger partial charge is 0.496 e. The molecule has 4 rings (SSSR count). The van der Waals surface area contributed by atoms with E-state index in [2.05, 4.69) is 11.1 Å². The van der Waals surface area contributed by atoms with Gasteiger partial charge in [-0.25, -0.2) is 0 Å². The molecule has 0 aliphatic carbocycles. The minimum atomic E-state index is 0.0404. The lowest BCUT2D eigenvalue weighted by Crippen LogP contribution is -2.39. The average Bonchev–Trinajstić information content (AvgIpc) is 2.79. The van der Waals surface area contributed by atoms with E-state index < -0.39 is 0 Å². The van der Waals surface area contributed by atoms with E-state index in [-0.39, 0.29) is 11.8 Å². The molecule has 0 saturated carbocycles. The number of aromatic nitrogens is 2. The fourth-order valence-corrected chi connectivity index (χ4v) is 3.76. The van der Waals surface area contributed by atoms with Crippen LogP contribution in [0.5, 0.6) is 5.75 Å². The van der Waals surface area contributed by atoms with Crippen molar-refractivity contribution in [2.45, 2.75) is 18.8 Å². The van der Waals surface area contributed by atoms with Crippen molar-refractivity contribution in [2.75, 3.05) is 20.2 Å². The third kappa shape index (κ3) is 3.74. The number of ether oxygens (including phenoxy) is 1. The number of piperidine rings is 1. The summed E-state index contributed by atoms with van der Waals surface area (Å²) in [6.07, 6.45) is 5.31. The molecule has 1 aromatic carbocycles.